The van der Waals surface area contributed by atoms with E-state index in [1.807, 2.05) is 6.92 Å². The van der Waals surface area contributed by atoms with Crippen LogP contribution in [0.25, 0.3) is 0 Å². The Morgan fingerprint density at radius 3 is 2.63 bits per heavy atom. The molecule has 0 amide bonds. The highest BCUT2D eigenvalue weighted by Crippen LogP contribution is 2.39. The van der Waals surface area contributed by atoms with E-state index in [0.29, 0.717) is 18.5 Å². The third kappa shape index (κ3) is 2.65. The Hall–Kier alpha value is -0.610. The summed E-state index contributed by atoms with van der Waals surface area (Å²) in [5, 5.41) is 12.9. The zero-order valence-electron chi connectivity index (χ0n) is 12.1. The number of piperidine rings is 1. The lowest BCUT2D eigenvalue weighted by Crippen LogP contribution is -2.55. The van der Waals surface area contributed by atoms with Crippen molar-refractivity contribution in [1.29, 1.82) is 0 Å². The quantitative estimate of drug-likeness (QED) is 0.770. The molecule has 4 heteroatoms. The molecule has 2 N–H and O–H groups in total. The summed E-state index contributed by atoms with van der Waals surface area (Å²) in [4.78, 5) is 14.2. The standard InChI is InChI=1S/C15H26N2O2/c1-10(17-9-11-3-6-13(17)7-11)8-15(2,14(18)19)16-12-4-5-12/h10-13,16H,3-9H2,1-2H3,(H,18,19). The van der Waals surface area contributed by atoms with Crippen molar-refractivity contribution < 1.29 is 9.90 Å². The predicted octanol–water partition coefficient (Wildman–Crippen LogP) is 1.84. The van der Waals surface area contributed by atoms with Gasteiger partial charge in [0.25, 0.3) is 0 Å². The van der Waals surface area contributed by atoms with E-state index < -0.39 is 11.5 Å². The van der Waals surface area contributed by atoms with Gasteiger partial charge in [-0.1, -0.05) is 0 Å². The van der Waals surface area contributed by atoms with E-state index in [9.17, 15) is 9.90 Å². The second kappa shape index (κ2) is 4.74. The van der Waals surface area contributed by atoms with Gasteiger partial charge < -0.3 is 5.11 Å². The normalized spacial score (nSPS) is 35.3. The highest BCUT2D eigenvalue weighted by Gasteiger charge is 2.44. The molecule has 2 bridgehead atoms. The zero-order valence-corrected chi connectivity index (χ0v) is 12.1. The van der Waals surface area contributed by atoms with E-state index in [4.69, 9.17) is 0 Å². The van der Waals surface area contributed by atoms with Gasteiger partial charge in [0.05, 0.1) is 0 Å². The third-order valence-electron chi connectivity index (χ3n) is 5.29. The molecular weight excluding hydrogens is 240 g/mol. The molecule has 0 aromatic heterocycles. The molecule has 3 rings (SSSR count). The molecule has 2 saturated carbocycles. The SMILES string of the molecule is CC(CC(C)(NC1CC1)C(=O)O)N1CC2CCC1C2. The first kappa shape index (κ1) is 13.4. The molecule has 4 unspecified atom stereocenters. The van der Waals surface area contributed by atoms with Gasteiger partial charge in [0.1, 0.15) is 5.54 Å². The van der Waals surface area contributed by atoms with Crippen molar-refractivity contribution in [3.63, 3.8) is 0 Å². The Balaban J connectivity index is 1.62. The van der Waals surface area contributed by atoms with Crippen LogP contribution in [0, 0.1) is 5.92 Å². The van der Waals surface area contributed by atoms with Crippen LogP contribution in [-0.4, -0.2) is 46.2 Å². The van der Waals surface area contributed by atoms with Crippen molar-refractivity contribution >= 4 is 5.97 Å². The maximum absolute atomic E-state index is 11.6. The summed E-state index contributed by atoms with van der Waals surface area (Å²) in [5.74, 6) is 0.176. The van der Waals surface area contributed by atoms with E-state index >= 15 is 0 Å². The Kier molecular flexibility index (Phi) is 3.34. The minimum absolute atomic E-state index is 0.364. The average Bonchev–Trinajstić information content (AvgIpc) is 2.91. The molecule has 0 radical (unpaired) electrons. The van der Waals surface area contributed by atoms with Crippen molar-refractivity contribution in [2.24, 2.45) is 5.92 Å². The minimum atomic E-state index is -0.761. The summed E-state index contributed by atoms with van der Waals surface area (Å²) < 4.78 is 0. The summed E-state index contributed by atoms with van der Waals surface area (Å²) in [7, 11) is 0. The van der Waals surface area contributed by atoms with E-state index in [1.165, 1.54) is 25.8 Å². The summed E-state index contributed by atoms with van der Waals surface area (Å²) in [6, 6.07) is 1.52. The number of aliphatic carboxylic acids is 1. The summed E-state index contributed by atoms with van der Waals surface area (Å²) in [5.41, 5.74) is -0.761. The first-order valence-corrected chi connectivity index (χ1v) is 7.75. The molecule has 1 saturated heterocycles. The van der Waals surface area contributed by atoms with Gasteiger partial charge in [0, 0.05) is 24.7 Å². The van der Waals surface area contributed by atoms with E-state index in [2.05, 4.69) is 17.1 Å². The van der Waals surface area contributed by atoms with Gasteiger partial charge in [-0.2, -0.15) is 0 Å². The van der Waals surface area contributed by atoms with Crippen LogP contribution >= 0.6 is 0 Å². The number of nitrogens with zero attached hydrogens (tertiary/aromatic N) is 1. The topological polar surface area (TPSA) is 52.6 Å². The van der Waals surface area contributed by atoms with Gasteiger partial charge in [-0.15, -0.1) is 0 Å². The lowest BCUT2D eigenvalue weighted by Gasteiger charge is -2.37. The summed E-state index contributed by atoms with van der Waals surface area (Å²) in [6.07, 6.45) is 7.00. The first-order chi connectivity index (χ1) is 8.98. The van der Waals surface area contributed by atoms with Crippen molar-refractivity contribution in [3.05, 3.63) is 0 Å². The van der Waals surface area contributed by atoms with E-state index in [0.717, 1.165) is 24.8 Å². The number of fused-ring (bicyclic) bond motifs is 2. The molecule has 19 heavy (non-hydrogen) atoms. The van der Waals surface area contributed by atoms with Crippen LogP contribution in [-0.2, 0) is 4.79 Å². The molecule has 4 atom stereocenters. The number of nitrogens with one attached hydrogen (secondary N) is 1. The second-order valence-corrected chi connectivity index (χ2v) is 7.14. The molecule has 4 nitrogen and oxygen atoms in total. The third-order valence-corrected chi connectivity index (χ3v) is 5.29. The molecule has 0 spiro atoms. The fourth-order valence-corrected chi connectivity index (χ4v) is 4.10. The Labute approximate surface area is 115 Å². The second-order valence-electron chi connectivity index (χ2n) is 7.14. The maximum atomic E-state index is 11.6. The monoisotopic (exact) mass is 266 g/mol. The van der Waals surface area contributed by atoms with Gasteiger partial charge in [0.2, 0.25) is 0 Å². The molecule has 0 aromatic rings. The maximum Gasteiger partial charge on any atom is 0.323 e. The smallest absolute Gasteiger partial charge is 0.323 e. The van der Waals surface area contributed by atoms with Crippen LogP contribution in [0.3, 0.4) is 0 Å². The Bertz CT molecular complexity index is 369. The number of likely N-dealkylation sites (tertiary alicyclic amines) is 1. The van der Waals surface area contributed by atoms with E-state index in [1.54, 1.807) is 0 Å². The number of rotatable bonds is 6. The number of hydrogen-bond acceptors (Lipinski definition) is 3. The molecule has 1 aliphatic heterocycles. The number of hydrogen-bond donors (Lipinski definition) is 2. The highest BCUT2D eigenvalue weighted by atomic mass is 16.4. The lowest BCUT2D eigenvalue weighted by atomic mass is 9.92. The first-order valence-electron chi connectivity index (χ1n) is 7.75. The van der Waals surface area contributed by atoms with Gasteiger partial charge in [-0.25, -0.2) is 0 Å². The highest BCUT2D eigenvalue weighted by molar-refractivity contribution is 5.78. The van der Waals surface area contributed by atoms with E-state index in [-0.39, 0.29) is 0 Å². The molecular formula is C15H26N2O2. The minimum Gasteiger partial charge on any atom is -0.480 e. The summed E-state index contributed by atoms with van der Waals surface area (Å²) >= 11 is 0. The predicted molar refractivity (Wildman–Crippen MR) is 74.1 cm³/mol. The fourth-order valence-electron chi connectivity index (χ4n) is 4.10. The number of carbonyl (C=O) groups is 1. The fraction of sp³-hybridized carbons (Fsp3) is 0.933. The molecule has 0 aromatic carbocycles. The van der Waals surface area contributed by atoms with Crippen molar-refractivity contribution in [3.8, 4) is 0 Å². The number of carboxylic acid groups (broad SMARTS) is 1. The van der Waals surface area contributed by atoms with Crippen LogP contribution in [0.5, 0.6) is 0 Å². The largest absolute Gasteiger partial charge is 0.480 e. The molecule has 1 heterocycles. The average molecular weight is 266 g/mol. The Morgan fingerprint density at radius 2 is 2.16 bits per heavy atom. The molecule has 3 fully saturated rings. The molecule has 108 valence electrons. The van der Waals surface area contributed by atoms with Crippen molar-refractivity contribution in [1.82, 2.24) is 10.2 Å². The summed E-state index contributed by atoms with van der Waals surface area (Å²) in [6.45, 7) is 5.25. The lowest BCUT2D eigenvalue weighted by molar-refractivity contribution is -0.145. The van der Waals surface area contributed by atoms with Crippen LogP contribution in [0.4, 0.5) is 0 Å². The van der Waals surface area contributed by atoms with Crippen molar-refractivity contribution in [2.45, 2.75) is 76.0 Å². The molecule has 3 aliphatic rings. The molecule has 2 aliphatic carbocycles. The number of carboxylic acids is 1. The van der Waals surface area contributed by atoms with Gasteiger partial charge in [0.15, 0.2) is 0 Å². The van der Waals surface area contributed by atoms with Crippen molar-refractivity contribution in [2.75, 3.05) is 6.54 Å². The van der Waals surface area contributed by atoms with Crippen LogP contribution < -0.4 is 5.32 Å². The zero-order chi connectivity index (χ0) is 13.6. The van der Waals surface area contributed by atoms with Gasteiger partial charge >= 0.3 is 5.97 Å². The van der Waals surface area contributed by atoms with Crippen LogP contribution in [0.2, 0.25) is 0 Å². The van der Waals surface area contributed by atoms with Gasteiger partial charge in [-0.3, -0.25) is 15.0 Å². The van der Waals surface area contributed by atoms with Crippen LogP contribution in [0.15, 0.2) is 0 Å². The van der Waals surface area contributed by atoms with Gasteiger partial charge in [-0.05, 0) is 58.3 Å². The van der Waals surface area contributed by atoms with Crippen LogP contribution in [0.1, 0.15) is 52.4 Å². The Morgan fingerprint density at radius 1 is 1.42 bits per heavy atom.